The third kappa shape index (κ3) is 1.64. The van der Waals surface area contributed by atoms with Gasteiger partial charge in [0.05, 0.1) is 0 Å². The van der Waals surface area contributed by atoms with Gasteiger partial charge in [-0.2, -0.15) is 0 Å². The Labute approximate surface area is 106 Å². The van der Waals surface area contributed by atoms with Crippen LogP contribution >= 0.6 is 11.6 Å². The molecule has 0 amide bonds. The lowest BCUT2D eigenvalue weighted by molar-refractivity contribution is -0.115. The second kappa shape index (κ2) is 3.71. The Morgan fingerprint density at radius 3 is 2.88 bits per heavy atom. The Morgan fingerprint density at radius 2 is 2.06 bits per heavy atom. The van der Waals surface area contributed by atoms with Crippen LogP contribution in [0.2, 0.25) is 5.02 Å². The van der Waals surface area contributed by atoms with Gasteiger partial charge in [-0.3, -0.25) is 4.79 Å². The number of benzene rings is 1. The first-order valence-electron chi connectivity index (χ1n) is 6.12. The van der Waals surface area contributed by atoms with Gasteiger partial charge >= 0.3 is 0 Å². The fourth-order valence-corrected chi connectivity index (χ4v) is 3.39. The summed E-state index contributed by atoms with van der Waals surface area (Å²) in [7, 11) is 0. The quantitative estimate of drug-likeness (QED) is 0.680. The number of hydrogen-bond donors (Lipinski definition) is 0. The van der Waals surface area contributed by atoms with Gasteiger partial charge < -0.3 is 0 Å². The van der Waals surface area contributed by atoms with E-state index in [0.717, 1.165) is 24.3 Å². The van der Waals surface area contributed by atoms with Gasteiger partial charge in [0.15, 0.2) is 5.78 Å². The number of hydrogen-bond acceptors (Lipinski definition) is 1. The molecule has 0 N–H and O–H groups in total. The van der Waals surface area contributed by atoms with Gasteiger partial charge in [0, 0.05) is 16.9 Å². The first-order valence-corrected chi connectivity index (χ1v) is 6.50. The first kappa shape index (κ1) is 11.0. The number of allylic oxidation sites excluding steroid dienone is 2. The Morgan fingerprint density at radius 1 is 1.24 bits per heavy atom. The van der Waals surface area contributed by atoms with Crippen molar-refractivity contribution < 1.29 is 4.79 Å². The molecule has 0 saturated carbocycles. The lowest BCUT2D eigenvalue weighted by Crippen LogP contribution is -2.34. The Bertz CT molecular complexity index is 530. The van der Waals surface area contributed by atoms with E-state index in [9.17, 15) is 4.79 Å². The number of ketones is 1. The van der Waals surface area contributed by atoms with Gasteiger partial charge in [0.25, 0.3) is 0 Å². The van der Waals surface area contributed by atoms with Crippen LogP contribution in [0.15, 0.2) is 29.8 Å². The maximum absolute atomic E-state index is 11.5. The zero-order chi connectivity index (χ0) is 12.0. The van der Waals surface area contributed by atoms with Crippen LogP contribution in [-0.4, -0.2) is 5.78 Å². The van der Waals surface area contributed by atoms with Crippen molar-refractivity contribution in [1.82, 2.24) is 0 Å². The number of carbonyl (C=O) groups excluding carboxylic acids is 1. The van der Waals surface area contributed by atoms with E-state index in [1.54, 1.807) is 0 Å². The molecule has 1 nitrogen and oxygen atoms in total. The van der Waals surface area contributed by atoms with Crippen molar-refractivity contribution in [3.63, 3.8) is 0 Å². The van der Waals surface area contributed by atoms with E-state index in [0.29, 0.717) is 6.42 Å². The number of rotatable bonds is 0. The summed E-state index contributed by atoms with van der Waals surface area (Å²) in [5.74, 6) is 0.287. The lowest BCUT2D eigenvalue weighted by Gasteiger charge is -2.40. The highest BCUT2D eigenvalue weighted by Crippen LogP contribution is 2.46. The van der Waals surface area contributed by atoms with Crippen LogP contribution in [0.25, 0.3) is 0 Å². The maximum Gasteiger partial charge on any atom is 0.155 e. The van der Waals surface area contributed by atoms with Crippen molar-refractivity contribution in [2.75, 3.05) is 0 Å². The molecule has 17 heavy (non-hydrogen) atoms. The third-order valence-corrected chi connectivity index (χ3v) is 4.48. The van der Waals surface area contributed by atoms with Crippen LogP contribution in [0.3, 0.4) is 0 Å². The second-order valence-electron chi connectivity index (χ2n) is 5.27. The Kier molecular flexibility index (Phi) is 2.41. The molecule has 0 saturated heterocycles. The van der Waals surface area contributed by atoms with Crippen molar-refractivity contribution >= 4 is 17.4 Å². The normalized spacial score (nSPS) is 27.2. The summed E-state index contributed by atoms with van der Waals surface area (Å²) in [4.78, 5) is 11.5. The highest BCUT2D eigenvalue weighted by Gasteiger charge is 2.38. The molecule has 88 valence electrons. The molecular weight excluding hydrogens is 232 g/mol. The van der Waals surface area contributed by atoms with Gasteiger partial charge in [-0.25, -0.2) is 0 Å². The fraction of sp³-hybridized carbons (Fsp3) is 0.400. The fourth-order valence-electron chi connectivity index (χ4n) is 3.19. The topological polar surface area (TPSA) is 17.1 Å². The number of fused-ring (bicyclic) bond motifs is 3. The third-order valence-electron chi connectivity index (χ3n) is 4.24. The van der Waals surface area contributed by atoms with Crippen molar-refractivity contribution in [2.45, 2.75) is 38.0 Å². The predicted octanol–water partition coefficient (Wildman–Crippen LogP) is 3.83. The van der Waals surface area contributed by atoms with Gasteiger partial charge in [0.1, 0.15) is 0 Å². The minimum Gasteiger partial charge on any atom is -0.295 e. The molecule has 2 heteroatoms. The second-order valence-corrected chi connectivity index (χ2v) is 5.71. The van der Waals surface area contributed by atoms with Crippen LogP contribution in [0.4, 0.5) is 0 Å². The minimum absolute atomic E-state index is 0.0616. The van der Waals surface area contributed by atoms with E-state index in [1.165, 1.54) is 16.7 Å². The van der Waals surface area contributed by atoms with Crippen molar-refractivity contribution in [2.24, 2.45) is 0 Å². The summed E-state index contributed by atoms with van der Waals surface area (Å²) in [5.41, 5.74) is 4.09. The molecule has 0 heterocycles. The minimum atomic E-state index is 0.0616. The summed E-state index contributed by atoms with van der Waals surface area (Å²) in [6.07, 6.45) is 5.48. The van der Waals surface area contributed by atoms with Crippen molar-refractivity contribution in [3.8, 4) is 0 Å². The van der Waals surface area contributed by atoms with Crippen molar-refractivity contribution in [1.29, 1.82) is 0 Å². The zero-order valence-corrected chi connectivity index (χ0v) is 10.7. The molecule has 0 aliphatic heterocycles. The average molecular weight is 247 g/mol. The van der Waals surface area contributed by atoms with E-state index in [1.807, 2.05) is 12.1 Å². The molecule has 1 aromatic carbocycles. The molecule has 0 aromatic heterocycles. The molecule has 3 rings (SSSR count). The van der Waals surface area contributed by atoms with Crippen LogP contribution in [0, 0.1) is 0 Å². The lowest BCUT2D eigenvalue weighted by atomic mass is 9.63. The highest BCUT2D eigenvalue weighted by molar-refractivity contribution is 6.30. The number of halogens is 1. The molecule has 0 spiro atoms. The molecule has 1 atom stereocenters. The standard InChI is InChI=1S/C15H15ClO/c1-15-7-6-13(17)9-11(15)3-2-10-8-12(16)4-5-14(10)15/h4-5,8-9H,2-3,6-7H2,1H3. The smallest absolute Gasteiger partial charge is 0.155 e. The molecule has 0 bridgehead atoms. The molecular formula is C15H15ClO. The van der Waals surface area contributed by atoms with Gasteiger partial charge in [0.2, 0.25) is 0 Å². The summed E-state index contributed by atoms with van der Waals surface area (Å²) in [6.45, 7) is 2.26. The molecule has 1 aromatic rings. The van der Waals surface area contributed by atoms with E-state index in [-0.39, 0.29) is 11.2 Å². The monoisotopic (exact) mass is 246 g/mol. The van der Waals surface area contributed by atoms with Gasteiger partial charge in [-0.05, 0) is 48.6 Å². The summed E-state index contributed by atoms with van der Waals surface area (Å²) in [5, 5.41) is 0.812. The van der Waals surface area contributed by atoms with Gasteiger partial charge in [-0.15, -0.1) is 0 Å². The van der Waals surface area contributed by atoms with E-state index in [2.05, 4.69) is 19.1 Å². The first-order chi connectivity index (χ1) is 8.09. The average Bonchev–Trinajstić information content (AvgIpc) is 2.30. The number of aryl methyl sites for hydroxylation is 1. The molecule has 2 aliphatic rings. The van der Waals surface area contributed by atoms with Gasteiger partial charge in [-0.1, -0.05) is 30.2 Å². The largest absolute Gasteiger partial charge is 0.295 e. The predicted molar refractivity (Wildman–Crippen MR) is 69.4 cm³/mol. The zero-order valence-electron chi connectivity index (χ0n) is 9.92. The SMILES string of the molecule is CC12CCC(=O)C=C1CCc1cc(Cl)ccc12. The summed E-state index contributed by atoms with van der Waals surface area (Å²) >= 11 is 6.05. The number of carbonyl (C=O) groups is 1. The summed E-state index contributed by atoms with van der Waals surface area (Å²) < 4.78 is 0. The van der Waals surface area contributed by atoms with Crippen LogP contribution in [0.1, 0.15) is 37.3 Å². The van der Waals surface area contributed by atoms with Crippen LogP contribution < -0.4 is 0 Å². The Balaban J connectivity index is 2.17. The molecule has 0 fully saturated rings. The van der Waals surface area contributed by atoms with Crippen molar-refractivity contribution in [3.05, 3.63) is 46.0 Å². The van der Waals surface area contributed by atoms with E-state index in [4.69, 9.17) is 11.6 Å². The van der Waals surface area contributed by atoms with E-state index >= 15 is 0 Å². The maximum atomic E-state index is 11.5. The molecule has 0 radical (unpaired) electrons. The molecule has 1 unspecified atom stereocenters. The van der Waals surface area contributed by atoms with Crippen LogP contribution in [-0.2, 0) is 16.6 Å². The highest BCUT2D eigenvalue weighted by atomic mass is 35.5. The molecule has 2 aliphatic carbocycles. The Hall–Kier alpha value is -1.08. The summed E-state index contributed by atoms with van der Waals surface area (Å²) in [6, 6.07) is 6.18. The van der Waals surface area contributed by atoms with Crippen LogP contribution in [0.5, 0.6) is 0 Å². The van der Waals surface area contributed by atoms with E-state index < -0.39 is 0 Å².